The third kappa shape index (κ3) is 7.82. The van der Waals surface area contributed by atoms with E-state index in [0.29, 0.717) is 24.6 Å². The van der Waals surface area contributed by atoms with Crippen LogP contribution in [0.25, 0.3) is 0 Å². The van der Waals surface area contributed by atoms with Crippen LogP contribution in [0.3, 0.4) is 0 Å². The van der Waals surface area contributed by atoms with E-state index in [1.165, 1.54) is 18.3 Å². The summed E-state index contributed by atoms with van der Waals surface area (Å²) in [6.07, 6.45) is 0.970. The number of nitrogens with two attached hydrogens (primary N) is 1. The zero-order chi connectivity index (χ0) is 21.8. The highest BCUT2D eigenvalue weighted by Crippen LogP contribution is 2.58. The largest absolute Gasteiger partial charge is 0.483 e. The van der Waals surface area contributed by atoms with Gasteiger partial charge in [-0.2, -0.15) is 8.88 Å². The molecule has 2 unspecified atom stereocenters. The molecule has 2 rings (SSSR count). The molecule has 2 aromatic heterocycles. The average molecular weight is 469 g/mol. The molecule has 2 heterocycles. The van der Waals surface area contributed by atoms with Crippen molar-refractivity contribution in [2.45, 2.75) is 40.0 Å². The lowest BCUT2D eigenvalue weighted by molar-refractivity contribution is -0.689. The summed E-state index contributed by atoms with van der Waals surface area (Å²) in [6.45, 7) is 5.68. The molecule has 0 saturated carbocycles. The van der Waals surface area contributed by atoms with Gasteiger partial charge in [-0.3, -0.25) is 4.52 Å². The second kappa shape index (κ2) is 9.69. The number of rotatable bonds is 10. The highest BCUT2D eigenvalue weighted by molar-refractivity contribution is 7.60. The van der Waals surface area contributed by atoms with Gasteiger partial charge in [0.05, 0.1) is 17.0 Å². The monoisotopic (exact) mass is 469 g/mol. The van der Waals surface area contributed by atoms with E-state index in [4.69, 9.17) is 20.3 Å². The molecule has 5 N–H and O–H groups in total. The van der Waals surface area contributed by atoms with Gasteiger partial charge in [0.1, 0.15) is 11.6 Å². The third-order valence-electron chi connectivity index (χ3n) is 3.69. The summed E-state index contributed by atoms with van der Waals surface area (Å²) >= 11 is 1.51. The van der Waals surface area contributed by atoms with Gasteiger partial charge >= 0.3 is 15.6 Å². The van der Waals surface area contributed by atoms with Crippen LogP contribution in [-0.4, -0.2) is 37.5 Å². The SMILES string of the molecule is Cc1ncc(C[n+]2csc(CCOC(C)OP(=O)(O)OP(=O)(O)O)c2C)c(N)n1. The fourth-order valence-electron chi connectivity index (χ4n) is 2.35. The van der Waals surface area contributed by atoms with Gasteiger partial charge < -0.3 is 25.2 Å². The first-order chi connectivity index (χ1) is 13.4. The summed E-state index contributed by atoms with van der Waals surface area (Å²) in [5, 5.41) is 0. The topological polar surface area (TPSA) is 178 Å². The number of phosphoric acid groups is 2. The lowest BCUT2D eigenvalue weighted by Gasteiger charge is -2.17. The Balaban J connectivity index is 1.89. The highest BCUT2D eigenvalue weighted by atomic mass is 32.1. The Hall–Kier alpha value is -1.27. The van der Waals surface area contributed by atoms with E-state index in [1.807, 2.05) is 17.0 Å². The van der Waals surface area contributed by atoms with E-state index in [9.17, 15) is 14.0 Å². The number of phosphoric ester groups is 1. The second-order valence-electron chi connectivity index (χ2n) is 6.02. The van der Waals surface area contributed by atoms with Crippen LogP contribution in [0, 0.1) is 13.8 Å². The van der Waals surface area contributed by atoms with Crippen molar-refractivity contribution >= 4 is 32.8 Å². The zero-order valence-corrected chi connectivity index (χ0v) is 18.6. The van der Waals surface area contributed by atoms with E-state index in [0.717, 1.165) is 16.1 Å². The van der Waals surface area contributed by atoms with Gasteiger partial charge in [-0.25, -0.2) is 19.1 Å². The molecule has 0 bridgehead atoms. The Morgan fingerprint density at radius 3 is 2.62 bits per heavy atom. The van der Waals surface area contributed by atoms with Gasteiger partial charge in [-0.05, 0) is 13.8 Å². The van der Waals surface area contributed by atoms with E-state index in [1.54, 1.807) is 13.1 Å². The van der Waals surface area contributed by atoms with Crippen LogP contribution in [0.5, 0.6) is 0 Å². The first-order valence-corrected chi connectivity index (χ1v) is 12.2. The van der Waals surface area contributed by atoms with Crippen molar-refractivity contribution in [2.75, 3.05) is 12.3 Å². The van der Waals surface area contributed by atoms with E-state index < -0.39 is 21.9 Å². The minimum absolute atomic E-state index is 0.147. The normalized spacial score (nSPS) is 15.2. The van der Waals surface area contributed by atoms with Crippen molar-refractivity contribution in [3.8, 4) is 0 Å². The van der Waals surface area contributed by atoms with Crippen molar-refractivity contribution in [2.24, 2.45) is 0 Å². The van der Waals surface area contributed by atoms with E-state index >= 15 is 0 Å². The summed E-state index contributed by atoms with van der Waals surface area (Å²) in [5.74, 6) is 1.03. The first-order valence-electron chi connectivity index (χ1n) is 8.30. The van der Waals surface area contributed by atoms with E-state index in [2.05, 4.69) is 18.8 Å². The van der Waals surface area contributed by atoms with Gasteiger partial charge in [-0.1, -0.05) is 11.3 Å². The molecular formula is C14H23N4O8P2S+. The molecular weight excluding hydrogens is 446 g/mol. The van der Waals surface area contributed by atoms with Crippen LogP contribution in [-0.2, 0) is 35.7 Å². The van der Waals surface area contributed by atoms with Crippen molar-refractivity contribution in [3.05, 3.63) is 33.7 Å². The lowest BCUT2D eigenvalue weighted by atomic mass is 10.2. The molecule has 29 heavy (non-hydrogen) atoms. The fourth-order valence-corrected chi connectivity index (χ4v) is 5.00. The second-order valence-corrected chi connectivity index (χ2v) is 9.74. The smallest absolute Gasteiger partial charge is 0.383 e. The number of anilines is 1. The first kappa shape index (κ1) is 24.0. The van der Waals surface area contributed by atoms with Gasteiger partial charge in [-0.15, -0.1) is 0 Å². The molecule has 0 radical (unpaired) electrons. The predicted molar refractivity (Wildman–Crippen MR) is 103 cm³/mol. The minimum atomic E-state index is -5.17. The molecule has 15 heteroatoms. The van der Waals surface area contributed by atoms with Gasteiger partial charge in [0.25, 0.3) is 0 Å². The Bertz CT molecular complexity index is 950. The number of nitrogen functional groups attached to an aromatic ring is 1. The number of aromatic nitrogens is 3. The number of hydrogen-bond donors (Lipinski definition) is 4. The van der Waals surface area contributed by atoms with Crippen LogP contribution in [0.4, 0.5) is 5.82 Å². The molecule has 0 saturated heterocycles. The highest BCUT2D eigenvalue weighted by Gasteiger charge is 2.34. The molecule has 12 nitrogen and oxygen atoms in total. The average Bonchev–Trinajstić information content (AvgIpc) is 2.88. The number of aryl methyl sites for hydroxylation is 1. The number of thiazole rings is 1. The molecule has 0 aliphatic rings. The van der Waals surface area contributed by atoms with Crippen molar-refractivity contribution < 1.29 is 41.9 Å². The molecule has 2 atom stereocenters. The number of hydrogen-bond acceptors (Lipinski definition) is 9. The van der Waals surface area contributed by atoms with Crippen molar-refractivity contribution in [1.82, 2.24) is 9.97 Å². The predicted octanol–water partition coefficient (Wildman–Crippen LogP) is 1.20. The van der Waals surface area contributed by atoms with Crippen molar-refractivity contribution in [3.63, 3.8) is 0 Å². The zero-order valence-electron chi connectivity index (χ0n) is 16.0. The van der Waals surface area contributed by atoms with Crippen LogP contribution in [0.2, 0.25) is 0 Å². The molecule has 0 amide bonds. The quantitative estimate of drug-likeness (QED) is 0.223. The molecule has 162 valence electrons. The van der Waals surface area contributed by atoms with Crippen molar-refractivity contribution in [1.29, 1.82) is 0 Å². The van der Waals surface area contributed by atoms with Crippen LogP contribution in [0.15, 0.2) is 11.7 Å². The summed E-state index contributed by atoms with van der Waals surface area (Å²) in [4.78, 5) is 35.8. The Kier molecular flexibility index (Phi) is 8.02. The molecule has 0 aromatic carbocycles. The molecule has 0 spiro atoms. The minimum Gasteiger partial charge on any atom is -0.383 e. The summed E-state index contributed by atoms with van der Waals surface area (Å²) < 4.78 is 37.6. The molecule has 0 aliphatic carbocycles. The lowest BCUT2D eigenvalue weighted by Crippen LogP contribution is -2.35. The fraction of sp³-hybridized carbons (Fsp3) is 0.500. The number of ether oxygens (including phenoxy) is 1. The van der Waals surface area contributed by atoms with Gasteiger partial charge in [0, 0.05) is 19.5 Å². The molecule has 0 aliphatic heterocycles. The summed E-state index contributed by atoms with van der Waals surface area (Å²) in [6, 6.07) is 0. The maximum Gasteiger partial charge on any atom is 0.483 e. The van der Waals surface area contributed by atoms with Crippen LogP contribution < -0.4 is 10.3 Å². The maximum absolute atomic E-state index is 11.5. The maximum atomic E-state index is 11.5. The molecule has 2 aromatic rings. The standard InChI is InChI=1S/C14H22N4O8P2S/c1-9-13(4-5-24-11(3)25-28(22,23)26-27(19,20)21)29-8-18(9)7-12-6-16-10(2)17-14(12)15/h6,8,11H,4-5,7H2,1-3H3,(H4-,15,16,17,19,20,21,22,23)/p+1. The third-order valence-corrected chi connectivity index (χ3v) is 7.07. The van der Waals surface area contributed by atoms with Gasteiger partial charge in [0.15, 0.2) is 18.5 Å². The Morgan fingerprint density at radius 1 is 1.31 bits per heavy atom. The Labute approximate surface area is 171 Å². The summed E-state index contributed by atoms with van der Waals surface area (Å²) in [7, 11) is -10.1. The number of nitrogens with zero attached hydrogens (tertiary/aromatic N) is 3. The van der Waals surface area contributed by atoms with Crippen LogP contribution in [0.1, 0.15) is 28.9 Å². The van der Waals surface area contributed by atoms with E-state index in [-0.39, 0.29) is 6.61 Å². The Morgan fingerprint density at radius 2 is 2.00 bits per heavy atom. The molecule has 0 fully saturated rings. The van der Waals surface area contributed by atoms with Gasteiger partial charge in [0.2, 0.25) is 5.51 Å². The van der Waals surface area contributed by atoms with Crippen LogP contribution >= 0.6 is 27.0 Å². The summed E-state index contributed by atoms with van der Waals surface area (Å²) in [5.41, 5.74) is 9.65.